The van der Waals surface area contributed by atoms with Gasteiger partial charge in [-0.15, -0.1) is 0 Å². The molecule has 1 radical (unpaired) electrons. The first-order valence-electron chi connectivity index (χ1n) is 6.59. The van der Waals surface area contributed by atoms with Crippen molar-refractivity contribution in [2.24, 2.45) is 0 Å². The SMILES string of the molecule is CCCCOC1=CC(=[N+]=[N-])C(OCCCC)C=[C]1. The zero-order valence-electron chi connectivity index (χ0n) is 11.2. The fourth-order valence-electron chi connectivity index (χ4n) is 1.49. The summed E-state index contributed by atoms with van der Waals surface area (Å²) >= 11 is 0. The molecule has 1 unspecified atom stereocenters. The average Bonchev–Trinajstić information content (AvgIpc) is 2.40. The summed E-state index contributed by atoms with van der Waals surface area (Å²) in [6.07, 6.45) is 10.3. The van der Waals surface area contributed by atoms with Crippen LogP contribution < -0.4 is 0 Å². The molecule has 99 valence electrons. The van der Waals surface area contributed by atoms with Gasteiger partial charge < -0.3 is 15.0 Å². The number of allylic oxidation sites excluding steroid dienone is 1. The zero-order valence-corrected chi connectivity index (χ0v) is 11.2. The number of unbranched alkanes of at least 4 members (excludes halogenated alkanes) is 2. The van der Waals surface area contributed by atoms with Crippen molar-refractivity contribution in [1.29, 1.82) is 0 Å². The van der Waals surface area contributed by atoms with Crippen molar-refractivity contribution in [2.75, 3.05) is 13.2 Å². The topological polar surface area (TPSA) is 54.9 Å². The molecule has 0 aromatic heterocycles. The van der Waals surface area contributed by atoms with Gasteiger partial charge in [0.15, 0.2) is 6.10 Å². The average molecular weight is 249 g/mol. The van der Waals surface area contributed by atoms with Crippen LogP contribution in [0.2, 0.25) is 0 Å². The molecule has 1 aliphatic rings. The molecule has 0 saturated carbocycles. The summed E-state index contributed by atoms with van der Waals surface area (Å²) in [6.45, 7) is 5.52. The van der Waals surface area contributed by atoms with Crippen LogP contribution in [-0.4, -0.2) is 29.8 Å². The maximum absolute atomic E-state index is 8.97. The third-order valence-corrected chi connectivity index (χ3v) is 2.61. The third kappa shape index (κ3) is 4.86. The molecule has 18 heavy (non-hydrogen) atoms. The quantitative estimate of drug-likeness (QED) is 0.377. The van der Waals surface area contributed by atoms with Gasteiger partial charge in [0.25, 0.3) is 0 Å². The first kappa shape index (κ1) is 14.7. The van der Waals surface area contributed by atoms with Crippen LogP contribution in [0.3, 0.4) is 0 Å². The summed E-state index contributed by atoms with van der Waals surface area (Å²) in [5.41, 5.74) is 9.44. The second-order valence-electron chi connectivity index (χ2n) is 4.19. The van der Waals surface area contributed by atoms with Gasteiger partial charge >= 0.3 is 5.71 Å². The van der Waals surface area contributed by atoms with Crippen molar-refractivity contribution in [2.45, 2.75) is 45.6 Å². The number of hydrogen-bond acceptors (Lipinski definition) is 2. The largest absolute Gasteiger partial charge is 0.493 e. The molecular formula is C14H21N2O2. The van der Waals surface area contributed by atoms with E-state index in [9.17, 15) is 0 Å². The van der Waals surface area contributed by atoms with E-state index in [2.05, 4.69) is 24.7 Å². The van der Waals surface area contributed by atoms with E-state index in [1.807, 2.05) is 0 Å². The third-order valence-electron chi connectivity index (χ3n) is 2.61. The standard InChI is InChI=1S/C14H21N2O2/c1-3-5-9-17-12-7-8-14(13(11-12)16-15)18-10-6-4-2/h8,11,14H,3-6,9-10H2,1-2H3. The number of rotatable bonds is 8. The minimum Gasteiger partial charge on any atom is -0.493 e. The molecule has 1 atom stereocenters. The Balaban J connectivity index is 2.49. The van der Waals surface area contributed by atoms with Crippen LogP contribution in [-0.2, 0) is 9.47 Å². The van der Waals surface area contributed by atoms with Gasteiger partial charge in [-0.25, -0.2) is 0 Å². The molecule has 4 nitrogen and oxygen atoms in total. The molecule has 0 heterocycles. The summed E-state index contributed by atoms with van der Waals surface area (Å²) < 4.78 is 11.1. The Morgan fingerprint density at radius 2 is 2.00 bits per heavy atom. The fraction of sp³-hybridized carbons (Fsp3) is 0.643. The Kier molecular flexibility index (Phi) is 7.07. The van der Waals surface area contributed by atoms with Crippen LogP contribution in [0.4, 0.5) is 0 Å². The van der Waals surface area contributed by atoms with Gasteiger partial charge in [-0.1, -0.05) is 26.7 Å². The van der Waals surface area contributed by atoms with Crippen LogP contribution in [0.15, 0.2) is 17.9 Å². The van der Waals surface area contributed by atoms with E-state index in [0.29, 0.717) is 24.7 Å². The van der Waals surface area contributed by atoms with Crippen molar-refractivity contribution in [3.8, 4) is 0 Å². The van der Waals surface area contributed by atoms with Gasteiger partial charge in [0.05, 0.1) is 12.7 Å². The maximum atomic E-state index is 8.97. The van der Waals surface area contributed by atoms with Gasteiger partial charge in [-0.05, 0) is 18.9 Å². The molecule has 0 amide bonds. The Morgan fingerprint density at radius 3 is 2.67 bits per heavy atom. The highest BCUT2D eigenvalue weighted by molar-refractivity contribution is 5.97. The van der Waals surface area contributed by atoms with Crippen LogP contribution in [0, 0.1) is 6.08 Å². The van der Waals surface area contributed by atoms with Gasteiger partial charge in [0.1, 0.15) is 5.76 Å². The Hall–Kier alpha value is -1.38. The predicted molar refractivity (Wildman–Crippen MR) is 70.0 cm³/mol. The molecule has 0 bridgehead atoms. The lowest BCUT2D eigenvalue weighted by atomic mass is 10.1. The van der Waals surface area contributed by atoms with E-state index >= 15 is 0 Å². The van der Waals surface area contributed by atoms with Crippen molar-refractivity contribution in [1.82, 2.24) is 0 Å². The minimum atomic E-state index is -0.319. The molecule has 0 fully saturated rings. The summed E-state index contributed by atoms with van der Waals surface area (Å²) in [5.74, 6) is 0.603. The van der Waals surface area contributed by atoms with Crippen LogP contribution in [0.5, 0.6) is 0 Å². The summed E-state index contributed by atoms with van der Waals surface area (Å²) in [4.78, 5) is 3.25. The normalized spacial score (nSPS) is 18.4. The molecular weight excluding hydrogens is 228 g/mol. The van der Waals surface area contributed by atoms with Crippen molar-refractivity contribution >= 4 is 5.71 Å². The Morgan fingerprint density at radius 1 is 1.28 bits per heavy atom. The van der Waals surface area contributed by atoms with E-state index in [1.54, 1.807) is 12.2 Å². The van der Waals surface area contributed by atoms with E-state index in [-0.39, 0.29) is 6.10 Å². The zero-order chi connectivity index (χ0) is 13.2. The maximum Gasteiger partial charge on any atom is 0.328 e. The lowest BCUT2D eigenvalue weighted by molar-refractivity contribution is -0.0233. The molecule has 0 aliphatic heterocycles. The Labute approximate surface area is 109 Å². The summed E-state index contributed by atoms with van der Waals surface area (Å²) in [6, 6.07) is 0. The molecule has 0 aromatic carbocycles. The second kappa shape index (κ2) is 8.67. The van der Waals surface area contributed by atoms with Crippen LogP contribution in [0.25, 0.3) is 5.53 Å². The fourth-order valence-corrected chi connectivity index (χ4v) is 1.49. The van der Waals surface area contributed by atoms with E-state index in [4.69, 9.17) is 15.0 Å². The van der Waals surface area contributed by atoms with Gasteiger partial charge in [-0.2, -0.15) is 4.79 Å². The van der Waals surface area contributed by atoms with E-state index < -0.39 is 0 Å². The molecule has 0 N–H and O–H groups in total. The molecule has 1 aliphatic carbocycles. The van der Waals surface area contributed by atoms with Crippen molar-refractivity contribution in [3.05, 3.63) is 29.5 Å². The van der Waals surface area contributed by atoms with Gasteiger partial charge in [0, 0.05) is 12.7 Å². The van der Waals surface area contributed by atoms with Crippen LogP contribution in [0.1, 0.15) is 39.5 Å². The van der Waals surface area contributed by atoms with Crippen molar-refractivity contribution in [3.63, 3.8) is 0 Å². The summed E-state index contributed by atoms with van der Waals surface area (Å²) in [7, 11) is 0. The number of ether oxygens (including phenoxy) is 2. The first-order chi connectivity index (χ1) is 8.81. The second-order valence-corrected chi connectivity index (χ2v) is 4.19. The summed E-state index contributed by atoms with van der Waals surface area (Å²) in [5, 5.41) is 0. The monoisotopic (exact) mass is 249 g/mol. The molecule has 0 saturated heterocycles. The molecule has 0 aromatic rings. The molecule has 1 rings (SSSR count). The lowest BCUT2D eigenvalue weighted by Crippen LogP contribution is -2.25. The Bertz CT molecular complexity index is 355. The van der Waals surface area contributed by atoms with Crippen molar-refractivity contribution < 1.29 is 14.3 Å². The first-order valence-corrected chi connectivity index (χ1v) is 6.59. The highest BCUT2D eigenvalue weighted by Crippen LogP contribution is 2.12. The van der Waals surface area contributed by atoms with Gasteiger partial charge in [0.2, 0.25) is 0 Å². The number of hydrogen-bond donors (Lipinski definition) is 0. The highest BCUT2D eigenvalue weighted by atomic mass is 16.5. The smallest absolute Gasteiger partial charge is 0.328 e. The minimum absolute atomic E-state index is 0.319. The van der Waals surface area contributed by atoms with E-state index in [0.717, 1.165) is 25.7 Å². The van der Waals surface area contributed by atoms with E-state index in [1.165, 1.54) is 0 Å². The number of nitrogens with zero attached hydrogens (tertiary/aromatic N) is 2. The molecule has 4 heteroatoms. The van der Waals surface area contributed by atoms with Gasteiger partial charge in [-0.3, -0.25) is 0 Å². The highest BCUT2D eigenvalue weighted by Gasteiger charge is 2.24. The predicted octanol–water partition coefficient (Wildman–Crippen LogP) is 2.92. The van der Waals surface area contributed by atoms with Crippen LogP contribution >= 0.6 is 0 Å². The lowest BCUT2D eigenvalue weighted by Gasteiger charge is -2.13. The molecule has 0 spiro atoms.